The van der Waals surface area contributed by atoms with Crippen molar-refractivity contribution in [1.29, 1.82) is 0 Å². The largest absolute Gasteiger partial charge is 0.478 e. The van der Waals surface area contributed by atoms with E-state index >= 15 is 0 Å². The zero-order chi connectivity index (χ0) is 15.6. The van der Waals surface area contributed by atoms with E-state index in [9.17, 15) is 14.7 Å². The number of urea groups is 1. The van der Waals surface area contributed by atoms with E-state index in [1.165, 1.54) is 18.2 Å². The number of aromatic carboxylic acids is 1. The highest BCUT2D eigenvalue weighted by molar-refractivity contribution is 6.33. The Morgan fingerprint density at radius 2 is 1.95 bits per heavy atom. The molecule has 0 unspecified atom stereocenters. The molecule has 3 N–H and O–H groups in total. The molecule has 6 nitrogen and oxygen atoms in total. The normalized spacial score (nSPS) is 17.4. The maximum atomic E-state index is 12.1. The number of halogens is 1. The van der Waals surface area contributed by atoms with Crippen LogP contribution < -0.4 is 5.32 Å². The van der Waals surface area contributed by atoms with E-state index in [0.717, 1.165) is 0 Å². The summed E-state index contributed by atoms with van der Waals surface area (Å²) in [7, 11) is 0. The molecule has 114 valence electrons. The number of nitrogens with zero attached hydrogens (tertiary/aromatic N) is 1. The highest BCUT2D eigenvalue weighted by Gasteiger charge is 2.29. The first kappa shape index (κ1) is 15.6. The van der Waals surface area contributed by atoms with Gasteiger partial charge >= 0.3 is 12.0 Å². The molecule has 21 heavy (non-hydrogen) atoms. The van der Waals surface area contributed by atoms with Crippen LogP contribution in [-0.4, -0.2) is 45.8 Å². The van der Waals surface area contributed by atoms with Crippen molar-refractivity contribution in [3.05, 3.63) is 28.8 Å². The van der Waals surface area contributed by atoms with Gasteiger partial charge in [-0.15, -0.1) is 0 Å². The number of carbonyl (C=O) groups excluding carboxylic acids is 1. The summed E-state index contributed by atoms with van der Waals surface area (Å²) in [5.41, 5.74) is -0.423. The molecule has 1 fully saturated rings. The first-order chi connectivity index (χ1) is 9.78. The molecule has 7 heteroatoms. The van der Waals surface area contributed by atoms with Gasteiger partial charge in [-0.2, -0.15) is 0 Å². The van der Waals surface area contributed by atoms with Crippen molar-refractivity contribution in [3.8, 4) is 0 Å². The molecular weight excluding hydrogens is 296 g/mol. The van der Waals surface area contributed by atoms with Crippen LogP contribution in [0.25, 0.3) is 0 Å². The van der Waals surface area contributed by atoms with Gasteiger partial charge in [0.2, 0.25) is 0 Å². The number of benzene rings is 1. The fraction of sp³-hybridized carbons (Fsp3) is 0.429. The fourth-order valence-electron chi connectivity index (χ4n) is 2.14. The number of hydrogen-bond donors (Lipinski definition) is 3. The number of amides is 2. The van der Waals surface area contributed by atoms with Crippen molar-refractivity contribution < 1.29 is 19.8 Å². The third kappa shape index (κ3) is 3.86. The number of aliphatic hydroxyl groups is 1. The van der Waals surface area contributed by atoms with Crippen LogP contribution in [0, 0.1) is 0 Å². The Morgan fingerprint density at radius 3 is 2.52 bits per heavy atom. The molecule has 1 aromatic rings. The summed E-state index contributed by atoms with van der Waals surface area (Å²) in [6.45, 7) is 2.62. The van der Waals surface area contributed by atoms with Gasteiger partial charge < -0.3 is 20.4 Å². The van der Waals surface area contributed by atoms with E-state index in [1.54, 1.807) is 11.8 Å². The maximum absolute atomic E-state index is 12.1. The van der Waals surface area contributed by atoms with Crippen LogP contribution in [0.15, 0.2) is 18.2 Å². The van der Waals surface area contributed by atoms with Gasteiger partial charge in [-0.25, -0.2) is 9.59 Å². The van der Waals surface area contributed by atoms with Gasteiger partial charge in [0.15, 0.2) is 0 Å². The lowest BCUT2D eigenvalue weighted by Crippen LogP contribution is -2.46. The number of anilines is 1. The minimum Gasteiger partial charge on any atom is -0.478 e. The lowest BCUT2D eigenvalue weighted by Gasteiger charge is -2.35. The first-order valence-corrected chi connectivity index (χ1v) is 6.97. The molecular formula is C14H17ClN2O4. The number of hydrogen-bond acceptors (Lipinski definition) is 3. The predicted molar refractivity (Wildman–Crippen MR) is 78.9 cm³/mol. The van der Waals surface area contributed by atoms with Gasteiger partial charge in [0.1, 0.15) is 0 Å². The van der Waals surface area contributed by atoms with Gasteiger partial charge in [-0.3, -0.25) is 0 Å². The van der Waals surface area contributed by atoms with E-state index in [4.69, 9.17) is 16.7 Å². The summed E-state index contributed by atoms with van der Waals surface area (Å²) in [5, 5.41) is 21.7. The number of carboxylic acid groups (broad SMARTS) is 1. The van der Waals surface area contributed by atoms with Crippen molar-refractivity contribution in [2.45, 2.75) is 25.4 Å². The fourth-order valence-corrected chi connectivity index (χ4v) is 2.30. The van der Waals surface area contributed by atoms with Crippen LogP contribution in [0.1, 0.15) is 30.1 Å². The summed E-state index contributed by atoms with van der Waals surface area (Å²) in [4.78, 5) is 24.6. The van der Waals surface area contributed by atoms with Crippen LogP contribution in [0.3, 0.4) is 0 Å². The Labute approximate surface area is 127 Å². The van der Waals surface area contributed by atoms with Crippen LogP contribution in [0.4, 0.5) is 10.5 Å². The Morgan fingerprint density at radius 1 is 1.33 bits per heavy atom. The molecule has 1 aliphatic heterocycles. The molecule has 2 rings (SSSR count). The molecule has 1 saturated heterocycles. The Hall–Kier alpha value is -1.79. The minimum atomic E-state index is -1.09. The standard InChI is InChI=1S/C14H17ClN2O4/c1-14(21)4-6-17(7-5-14)13(20)16-11-8-9(12(18)19)2-3-10(11)15/h2-3,8,21H,4-7H2,1H3,(H,16,20)(H,18,19). The second-order valence-corrected chi connectivity index (χ2v) is 5.82. The Balaban J connectivity index is 2.06. The number of piperidine rings is 1. The number of rotatable bonds is 2. The molecule has 0 aliphatic carbocycles. The van der Waals surface area contributed by atoms with Gasteiger partial charge in [-0.1, -0.05) is 11.6 Å². The third-order valence-electron chi connectivity index (χ3n) is 3.58. The summed E-state index contributed by atoms with van der Waals surface area (Å²) >= 11 is 5.96. The minimum absolute atomic E-state index is 0.0521. The van der Waals surface area contributed by atoms with E-state index in [0.29, 0.717) is 25.9 Å². The van der Waals surface area contributed by atoms with E-state index in [2.05, 4.69) is 5.32 Å². The van der Waals surface area contributed by atoms with Crippen molar-refractivity contribution >= 4 is 29.3 Å². The smallest absolute Gasteiger partial charge is 0.335 e. The van der Waals surface area contributed by atoms with E-state index in [1.807, 2.05) is 0 Å². The molecule has 0 aromatic heterocycles. The second-order valence-electron chi connectivity index (χ2n) is 5.41. The predicted octanol–water partition coefficient (Wildman–Crippen LogP) is 2.42. The monoisotopic (exact) mass is 312 g/mol. The van der Waals surface area contributed by atoms with E-state index in [-0.39, 0.29) is 22.3 Å². The number of likely N-dealkylation sites (tertiary alicyclic amines) is 1. The quantitative estimate of drug-likeness (QED) is 0.782. The van der Waals surface area contributed by atoms with Crippen molar-refractivity contribution in [2.75, 3.05) is 18.4 Å². The second kappa shape index (κ2) is 5.91. The Kier molecular flexibility index (Phi) is 4.39. The topological polar surface area (TPSA) is 89.9 Å². The van der Waals surface area contributed by atoms with Gasteiger partial charge in [0.25, 0.3) is 0 Å². The molecule has 1 aliphatic rings. The van der Waals surface area contributed by atoms with Gasteiger partial charge in [-0.05, 0) is 38.0 Å². The maximum Gasteiger partial charge on any atom is 0.335 e. The van der Waals surface area contributed by atoms with Crippen LogP contribution in [0.5, 0.6) is 0 Å². The molecule has 2 amide bonds. The van der Waals surface area contributed by atoms with Gasteiger partial charge in [0, 0.05) is 13.1 Å². The summed E-state index contributed by atoms with van der Waals surface area (Å²) in [6.07, 6.45) is 1.01. The molecule has 0 spiro atoms. The van der Waals surface area contributed by atoms with Crippen LogP contribution in [0.2, 0.25) is 5.02 Å². The zero-order valence-corrected chi connectivity index (χ0v) is 12.4. The van der Waals surface area contributed by atoms with Crippen molar-refractivity contribution in [2.24, 2.45) is 0 Å². The van der Waals surface area contributed by atoms with Crippen molar-refractivity contribution in [1.82, 2.24) is 4.90 Å². The first-order valence-electron chi connectivity index (χ1n) is 6.60. The SMILES string of the molecule is CC1(O)CCN(C(=O)Nc2cc(C(=O)O)ccc2Cl)CC1. The molecule has 1 heterocycles. The van der Waals surface area contributed by atoms with Crippen LogP contribution >= 0.6 is 11.6 Å². The summed E-state index contributed by atoms with van der Waals surface area (Å²) in [6, 6.07) is 3.78. The number of nitrogens with one attached hydrogen (secondary N) is 1. The highest BCUT2D eigenvalue weighted by Crippen LogP contribution is 2.25. The van der Waals surface area contributed by atoms with Crippen LogP contribution in [-0.2, 0) is 0 Å². The summed E-state index contributed by atoms with van der Waals surface area (Å²) < 4.78 is 0. The zero-order valence-electron chi connectivity index (χ0n) is 11.6. The average Bonchev–Trinajstić information content (AvgIpc) is 2.40. The highest BCUT2D eigenvalue weighted by atomic mass is 35.5. The summed E-state index contributed by atoms with van der Waals surface area (Å²) in [5.74, 6) is -1.09. The molecule has 0 saturated carbocycles. The van der Waals surface area contributed by atoms with Gasteiger partial charge in [0.05, 0.1) is 21.9 Å². The lowest BCUT2D eigenvalue weighted by molar-refractivity contribution is 0.00569. The molecule has 0 bridgehead atoms. The van der Waals surface area contributed by atoms with Crippen molar-refractivity contribution in [3.63, 3.8) is 0 Å². The molecule has 1 aromatic carbocycles. The number of carbonyl (C=O) groups is 2. The molecule has 0 atom stereocenters. The number of carboxylic acids is 1. The average molecular weight is 313 g/mol. The third-order valence-corrected chi connectivity index (χ3v) is 3.91. The van der Waals surface area contributed by atoms with E-state index < -0.39 is 11.6 Å². The lowest BCUT2D eigenvalue weighted by atomic mass is 9.94. The Bertz CT molecular complexity index is 564. The molecule has 0 radical (unpaired) electrons.